The van der Waals surface area contributed by atoms with Gasteiger partial charge in [0.2, 0.25) is 5.91 Å². The molecule has 1 fully saturated rings. The highest BCUT2D eigenvalue weighted by atomic mass is 79.9. The number of piperidine rings is 1. The molecule has 0 aliphatic carbocycles. The number of benzene rings is 1. The molecule has 1 unspecified atom stereocenters. The Morgan fingerprint density at radius 2 is 2.22 bits per heavy atom. The fourth-order valence-corrected chi connectivity index (χ4v) is 2.64. The first kappa shape index (κ1) is 13.6. The average molecular weight is 311 g/mol. The van der Waals surface area contributed by atoms with Crippen molar-refractivity contribution in [3.8, 4) is 0 Å². The van der Waals surface area contributed by atoms with E-state index >= 15 is 0 Å². The van der Waals surface area contributed by atoms with Gasteiger partial charge >= 0.3 is 0 Å². The third kappa shape index (κ3) is 4.10. The van der Waals surface area contributed by atoms with E-state index in [9.17, 15) is 4.79 Å². The number of halogens is 1. The molecule has 1 aliphatic heterocycles. The molecule has 0 bridgehead atoms. The Labute approximate surface area is 116 Å². The molecule has 1 amide bonds. The maximum atomic E-state index is 11.8. The van der Waals surface area contributed by atoms with Crippen molar-refractivity contribution in [2.24, 2.45) is 0 Å². The van der Waals surface area contributed by atoms with Gasteiger partial charge in [-0.15, -0.1) is 0 Å². The van der Waals surface area contributed by atoms with Gasteiger partial charge in [0.25, 0.3) is 0 Å². The lowest BCUT2D eigenvalue weighted by Crippen LogP contribution is -2.43. The molecule has 98 valence electrons. The van der Waals surface area contributed by atoms with Crippen LogP contribution in [0.4, 0.5) is 0 Å². The Bertz CT molecular complexity index is 403. The van der Waals surface area contributed by atoms with E-state index in [1.807, 2.05) is 24.3 Å². The van der Waals surface area contributed by atoms with Crippen LogP contribution >= 0.6 is 15.9 Å². The summed E-state index contributed by atoms with van der Waals surface area (Å²) in [5.41, 5.74) is 1.03. The van der Waals surface area contributed by atoms with Gasteiger partial charge in [-0.2, -0.15) is 0 Å². The summed E-state index contributed by atoms with van der Waals surface area (Å²) in [5.74, 6) is 0.0919. The zero-order chi connectivity index (χ0) is 12.8. The minimum atomic E-state index is 0.0919. The van der Waals surface area contributed by atoms with Crippen molar-refractivity contribution in [3.63, 3.8) is 0 Å². The van der Waals surface area contributed by atoms with Crippen LogP contribution in [-0.2, 0) is 11.2 Å². The number of rotatable bonds is 4. The molecule has 1 aromatic carbocycles. The van der Waals surface area contributed by atoms with E-state index in [-0.39, 0.29) is 5.91 Å². The topological polar surface area (TPSA) is 41.1 Å². The molecular weight excluding hydrogens is 292 g/mol. The molecule has 3 nitrogen and oxygen atoms in total. The average Bonchev–Trinajstić information content (AvgIpc) is 2.40. The summed E-state index contributed by atoms with van der Waals surface area (Å²) < 4.78 is 0.996. The van der Waals surface area contributed by atoms with Gasteiger partial charge in [-0.1, -0.05) is 40.5 Å². The van der Waals surface area contributed by atoms with Crippen molar-refractivity contribution in [3.05, 3.63) is 34.3 Å². The highest BCUT2D eigenvalue weighted by Gasteiger charge is 2.13. The Hall–Kier alpha value is -0.870. The van der Waals surface area contributed by atoms with Gasteiger partial charge in [0, 0.05) is 17.1 Å². The van der Waals surface area contributed by atoms with Gasteiger partial charge in [0.05, 0.1) is 6.42 Å². The summed E-state index contributed by atoms with van der Waals surface area (Å²) in [6.07, 6.45) is 4.11. The molecule has 0 spiro atoms. The summed E-state index contributed by atoms with van der Waals surface area (Å²) in [5, 5.41) is 6.43. The largest absolute Gasteiger partial charge is 0.354 e. The van der Waals surface area contributed by atoms with Crippen molar-refractivity contribution in [2.75, 3.05) is 13.1 Å². The zero-order valence-electron chi connectivity index (χ0n) is 10.4. The van der Waals surface area contributed by atoms with E-state index in [0.717, 1.165) is 29.5 Å². The van der Waals surface area contributed by atoms with Crippen LogP contribution < -0.4 is 10.6 Å². The van der Waals surface area contributed by atoms with E-state index in [0.29, 0.717) is 12.5 Å². The highest BCUT2D eigenvalue weighted by Crippen LogP contribution is 2.16. The van der Waals surface area contributed by atoms with Crippen LogP contribution in [-0.4, -0.2) is 25.0 Å². The molecule has 1 atom stereocenters. The minimum absolute atomic E-state index is 0.0919. The quantitative estimate of drug-likeness (QED) is 0.895. The van der Waals surface area contributed by atoms with Gasteiger partial charge in [-0.05, 0) is 31.0 Å². The predicted octanol–water partition coefficient (Wildman–Crippen LogP) is 2.25. The summed E-state index contributed by atoms with van der Waals surface area (Å²) in [4.78, 5) is 11.8. The molecule has 4 heteroatoms. The SMILES string of the molecule is O=C(Cc1ccccc1Br)NCC1CCCCN1. The van der Waals surface area contributed by atoms with E-state index in [4.69, 9.17) is 0 Å². The first-order chi connectivity index (χ1) is 8.75. The van der Waals surface area contributed by atoms with Crippen molar-refractivity contribution < 1.29 is 4.79 Å². The van der Waals surface area contributed by atoms with Crippen LogP contribution in [0.3, 0.4) is 0 Å². The predicted molar refractivity (Wildman–Crippen MR) is 76.5 cm³/mol. The van der Waals surface area contributed by atoms with Crippen LogP contribution in [0, 0.1) is 0 Å². The Morgan fingerprint density at radius 1 is 1.39 bits per heavy atom. The van der Waals surface area contributed by atoms with Crippen molar-refractivity contribution in [2.45, 2.75) is 31.7 Å². The standard InChI is InChI=1S/C14H19BrN2O/c15-13-7-2-1-5-11(13)9-14(18)17-10-12-6-3-4-8-16-12/h1-2,5,7,12,16H,3-4,6,8-10H2,(H,17,18). The molecule has 0 aromatic heterocycles. The van der Waals surface area contributed by atoms with Crippen molar-refractivity contribution in [1.29, 1.82) is 0 Å². The number of carbonyl (C=O) groups is 1. The van der Waals surface area contributed by atoms with Gasteiger partial charge < -0.3 is 10.6 Å². The number of hydrogen-bond donors (Lipinski definition) is 2. The van der Waals surface area contributed by atoms with Crippen LogP contribution in [0.2, 0.25) is 0 Å². The first-order valence-electron chi connectivity index (χ1n) is 6.49. The fraction of sp³-hybridized carbons (Fsp3) is 0.500. The molecule has 2 rings (SSSR count). The monoisotopic (exact) mass is 310 g/mol. The number of hydrogen-bond acceptors (Lipinski definition) is 2. The van der Waals surface area contributed by atoms with Gasteiger partial charge in [-0.3, -0.25) is 4.79 Å². The third-order valence-corrected chi connectivity index (χ3v) is 4.04. The van der Waals surface area contributed by atoms with Crippen LogP contribution in [0.1, 0.15) is 24.8 Å². The molecule has 1 saturated heterocycles. The van der Waals surface area contributed by atoms with E-state index in [1.165, 1.54) is 12.8 Å². The Balaban J connectivity index is 1.76. The second-order valence-electron chi connectivity index (χ2n) is 4.72. The fourth-order valence-electron chi connectivity index (χ4n) is 2.21. The lowest BCUT2D eigenvalue weighted by Gasteiger charge is -2.23. The minimum Gasteiger partial charge on any atom is -0.354 e. The lowest BCUT2D eigenvalue weighted by atomic mass is 10.0. The van der Waals surface area contributed by atoms with E-state index in [2.05, 4.69) is 26.6 Å². The van der Waals surface area contributed by atoms with Crippen molar-refractivity contribution in [1.82, 2.24) is 10.6 Å². The van der Waals surface area contributed by atoms with Gasteiger partial charge in [0.1, 0.15) is 0 Å². The number of nitrogens with one attached hydrogen (secondary N) is 2. The smallest absolute Gasteiger partial charge is 0.224 e. The summed E-state index contributed by atoms with van der Waals surface area (Å²) >= 11 is 3.46. The highest BCUT2D eigenvalue weighted by molar-refractivity contribution is 9.10. The van der Waals surface area contributed by atoms with E-state index < -0.39 is 0 Å². The summed E-state index contributed by atoms with van der Waals surface area (Å²) in [6, 6.07) is 8.29. The molecule has 2 N–H and O–H groups in total. The summed E-state index contributed by atoms with van der Waals surface area (Å²) in [6.45, 7) is 1.81. The van der Waals surface area contributed by atoms with Crippen molar-refractivity contribution >= 4 is 21.8 Å². The Morgan fingerprint density at radius 3 is 2.94 bits per heavy atom. The molecule has 1 aromatic rings. The third-order valence-electron chi connectivity index (χ3n) is 3.27. The zero-order valence-corrected chi connectivity index (χ0v) is 12.0. The second kappa shape index (κ2) is 6.90. The molecule has 18 heavy (non-hydrogen) atoms. The van der Waals surface area contributed by atoms with Gasteiger partial charge in [0.15, 0.2) is 0 Å². The maximum Gasteiger partial charge on any atom is 0.224 e. The van der Waals surface area contributed by atoms with Crippen LogP contribution in [0.15, 0.2) is 28.7 Å². The second-order valence-corrected chi connectivity index (χ2v) is 5.57. The van der Waals surface area contributed by atoms with Crippen LogP contribution in [0.25, 0.3) is 0 Å². The van der Waals surface area contributed by atoms with Gasteiger partial charge in [-0.25, -0.2) is 0 Å². The summed E-state index contributed by atoms with van der Waals surface area (Å²) in [7, 11) is 0. The molecule has 0 saturated carbocycles. The molecule has 1 aliphatic rings. The lowest BCUT2D eigenvalue weighted by molar-refractivity contribution is -0.120. The maximum absolute atomic E-state index is 11.8. The first-order valence-corrected chi connectivity index (χ1v) is 7.28. The molecule has 0 radical (unpaired) electrons. The normalized spacial score (nSPS) is 19.5. The Kier molecular flexibility index (Phi) is 5.20. The molecule has 1 heterocycles. The van der Waals surface area contributed by atoms with E-state index in [1.54, 1.807) is 0 Å². The number of amides is 1. The molecular formula is C14H19BrN2O. The van der Waals surface area contributed by atoms with Crippen LogP contribution in [0.5, 0.6) is 0 Å². The number of carbonyl (C=O) groups excluding carboxylic acids is 1.